The van der Waals surface area contributed by atoms with Crippen LogP contribution >= 0.6 is 21.9 Å². The predicted molar refractivity (Wildman–Crippen MR) is 63.3 cm³/mol. The number of nitrogens with zero attached hydrogens (tertiary/aromatic N) is 1. The smallest absolute Gasteiger partial charge is 0.318 e. The lowest BCUT2D eigenvalue weighted by molar-refractivity contribution is -0.133. The van der Waals surface area contributed by atoms with Gasteiger partial charge in [0.15, 0.2) is 0 Å². The fourth-order valence-corrected chi connectivity index (χ4v) is 2.18. The van der Waals surface area contributed by atoms with E-state index in [1.165, 1.54) is 10.8 Å². The molecule has 1 heterocycles. The van der Waals surface area contributed by atoms with Gasteiger partial charge in [0.2, 0.25) is 0 Å². The van der Waals surface area contributed by atoms with Gasteiger partial charge in [-0.25, -0.2) is 4.98 Å². The quantitative estimate of drug-likeness (QED) is 0.565. The van der Waals surface area contributed by atoms with Gasteiger partial charge in [0.25, 0.3) is 0 Å². The third-order valence-electron chi connectivity index (χ3n) is 1.62. The van der Waals surface area contributed by atoms with Crippen LogP contribution in [0, 0.1) is 0 Å². The molecule has 0 spiro atoms. The minimum absolute atomic E-state index is 0.162. The molecule has 0 bridgehead atoms. The standard InChI is InChI=1S/C10H13NO2S2/c1-2-3-7-10(12)13-15-14-9-6-4-5-8-11-9/h4-6,8H,2-3,7H2,1H3. The van der Waals surface area contributed by atoms with Crippen molar-refractivity contribution in [2.45, 2.75) is 31.2 Å². The summed E-state index contributed by atoms with van der Waals surface area (Å²) in [5, 5.41) is 0.839. The van der Waals surface area contributed by atoms with Gasteiger partial charge >= 0.3 is 5.97 Å². The summed E-state index contributed by atoms with van der Waals surface area (Å²) in [5.41, 5.74) is 0. The summed E-state index contributed by atoms with van der Waals surface area (Å²) in [4.78, 5) is 15.2. The van der Waals surface area contributed by atoms with Crippen molar-refractivity contribution in [3.05, 3.63) is 24.4 Å². The third kappa shape index (κ3) is 5.69. The summed E-state index contributed by atoms with van der Waals surface area (Å²) < 4.78 is 4.95. The van der Waals surface area contributed by atoms with E-state index < -0.39 is 0 Å². The van der Waals surface area contributed by atoms with Crippen molar-refractivity contribution in [1.82, 2.24) is 4.98 Å². The number of aromatic nitrogens is 1. The number of hydrogen-bond donors (Lipinski definition) is 0. The van der Waals surface area contributed by atoms with Gasteiger partial charge in [-0.1, -0.05) is 19.4 Å². The molecule has 1 aromatic heterocycles. The van der Waals surface area contributed by atoms with Crippen LogP contribution in [-0.4, -0.2) is 11.0 Å². The van der Waals surface area contributed by atoms with Crippen LogP contribution in [0.5, 0.6) is 0 Å². The molecule has 0 radical (unpaired) electrons. The first-order valence-corrected chi connectivity index (χ1v) is 6.85. The Labute approximate surface area is 97.6 Å². The van der Waals surface area contributed by atoms with Crippen LogP contribution in [0.1, 0.15) is 26.2 Å². The van der Waals surface area contributed by atoms with Crippen molar-refractivity contribution >= 4 is 27.8 Å². The second-order valence-corrected chi connectivity index (χ2v) is 4.67. The molecule has 15 heavy (non-hydrogen) atoms. The van der Waals surface area contributed by atoms with Crippen molar-refractivity contribution in [3.8, 4) is 0 Å². The Morgan fingerprint density at radius 1 is 1.53 bits per heavy atom. The fourth-order valence-electron chi connectivity index (χ4n) is 0.849. The van der Waals surface area contributed by atoms with Gasteiger partial charge in [0.1, 0.15) is 16.1 Å². The first-order valence-electron chi connectivity index (χ1n) is 4.78. The highest BCUT2D eigenvalue weighted by molar-refractivity contribution is 8.75. The Kier molecular flexibility index (Phi) is 6.27. The summed E-state index contributed by atoms with van der Waals surface area (Å²) in [5.74, 6) is -0.162. The summed E-state index contributed by atoms with van der Waals surface area (Å²) in [7, 11) is 1.34. The van der Waals surface area contributed by atoms with Crippen molar-refractivity contribution in [2.24, 2.45) is 0 Å². The summed E-state index contributed by atoms with van der Waals surface area (Å²) in [6, 6.07) is 5.62. The average Bonchev–Trinajstić information content (AvgIpc) is 2.28. The van der Waals surface area contributed by atoms with Crippen molar-refractivity contribution in [1.29, 1.82) is 0 Å². The Morgan fingerprint density at radius 3 is 3.07 bits per heavy atom. The summed E-state index contributed by atoms with van der Waals surface area (Å²) in [6.45, 7) is 2.04. The number of carbonyl (C=O) groups excluding carboxylic acids is 1. The fraction of sp³-hybridized carbons (Fsp3) is 0.400. The van der Waals surface area contributed by atoms with E-state index in [-0.39, 0.29) is 5.97 Å². The van der Waals surface area contributed by atoms with Gasteiger partial charge in [-0.3, -0.25) is 4.79 Å². The highest BCUT2D eigenvalue weighted by Crippen LogP contribution is 2.30. The molecule has 0 unspecified atom stereocenters. The van der Waals surface area contributed by atoms with E-state index in [0.29, 0.717) is 6.42 Å². The Balaban J connectivity index is 2.14. The molecule has 0 aliphatic rings. The molecule has 0 aliphatic heterocycles. The van der Waals surface area contributed by atoms with E-state index in [0.717, 1.165) is 28.9 Å². The molecular weight excluding hydrogens is 230 g/mol. The molecule has 3 nitrogen and oxygen atoms in total. The Morgan fingerprint density at radius 2 is 2.40 bits per heavy atom. The summed E-state index contributed by atoms with van der Waals surface area (Å²) in [6.07, 6.45) is 4.09. The normalized spacial score (nSPS) is 9.93. The highest BCUT2D eigenvalue weighted by atomic mass is 33.1. The topological polar surface area (TPSA) is 39.2 Å². The molecule has 0 aliphatic carbocycles. The number of unbranched alkanes of at least 4 members (excludes halogenated alkanes) is 1. The zero-order valence-electron chi connectivity index (χ0n) is 8.51. The van der Waals surface area contributed by atoms with E-state index in [9.17, 15) is 4.79 Å². The van der Waals surface area contributed by atoms with Crippen LogP contribution in [0.15, 0.2) is 29.4 Å². The van der Waals surface area contributed by atoms with E-state index in [2.05, 4.69) is 4.98 Å². The zero-order chi connectivity index (χ0) is 10.9. The van der Waals surface area contributed by atoms with Gasteiger partial charge < -0.3 is 4.18 Å². The van der Waals surface area contributed by atoms with Gasteiger partial charge in [-0.05, 0) is 18.6 Å². The average molecular weight is 243 g/mol. The molecule has 0 atom stereocenters. The number of rotatable bonds is 6. The molecule has 0 fully saturated rings. The maximum atomic E-state index is 11.1. The van der Waals surface area contributed by atoms with Crippen LogP contribution in [0.2, 0.25) is 0 Å². The minimum Gasteiger partial charge on any atom is -0.379 e. The van der Waals surface area contributed by atoms with Gasteiger partial charge in [-0.2, -0.15) is 0 Å². The largest absolute Gasteiger partial charge is 0.379 e. The van der Waals surface area contributed by atoms with Gasteiger partial charge in [0.05, 0.1) is 0 Å². The van der Waals surface area contributed by atoms with E-state index >= 15 is 0 Å². The Bertz CT molecular complexity index is 293. The minimum atomic E-state index is -0.162. The van der Waals surface area contributed by atoms with Gasteiger partial charge in [-0.15, -0.1) is 0 Å². The molecular formula is C10H13NO2S2. The first kappa shape index (κ1) is 12.4. The molecule has 0 N–H and O–H groups in total. The number of carbonyl (C=O) groups is 1. The van der Waals surface area contributed by atoms with E-state index in [1.54, 1.807) is 6.20 Å². The zero-order valence-corrected chi connectivity index (χ0v) is 10.1. The Hall–Kier alpha value is -0.680. The first-order chi connectivity index (χ1) is 7.33. The second-order valence-electron chi connectivity index (χ2n) is 2.88. The predicted octanol–water partition coefficient (Wildman–Crippen LogP) is 3.47. The molecule has 0 saturated heterocycles. The highest BCUT2D eigenvalue weighted by Gasteiger charge is 2.03. The number of hydrogen-bond acceptors (Lipinski definition) is 5. The van der Waals surface area contributed by atoms with Crippen molar-refractivity contribution < 1.29 is 8.98 Å². The number of pyridine rings is 1. The van der Waals surface area contributed by atoms with Crippen LogP contribution in [-0.2, 0) is 8.98 Å². The molecule has 0 aromatic carbocycles. The molecule has 0 amide bonds. The molecule has 82 valence electrons. The van der Waals surface area contributed by atoms with Crippen LogP contribution < -0.4 is 0 Å². The van der Waals surface area contributed by atoms with Crippen molar-refractivity contribution in [3.63, 3.8) is 0 Å². The lowest BCUT2D eigenvalue weighted by atomic mass is 10.3. The van der Waals surface area contributed by atoms with Crippen LogP contribution in [0.4, 0.5) is 0 Å². The van der Waals surface area contributed by atoms with Crippen molar-refractivity contribution in [2.75, 3.05) is 0 Å². The second kappa shape index (κ2) is 7.59. The molecule has 1 rings (SSSR count). The van der Waals surface area contributed by atoms with Crippen LogP contribution in [0.3, 0.4) is 0 Å². The molecule has 1 aromatic rings. The summed E-state index contributed by atoms with van der Waals surface area (Å²) >= 11 is 1.07. The monoisotopic (exact) mass is 243 g/mol. The third-order valence-corrected chi connectivity index (χ3v) is 3.27. The van der Waals surface area contributed by atoms with Crippen LogP contribution in [0.25, 0.3) is 0 Å². The maximum absolute atomic E-state index is 11.1. The van der Waals surface area contributed by atoms with E-state index in [4.69, 9.17) is 4.18 Å². The lowest BCUT2D eigenvalue weighted by Gasteiger charge is -2.00. The maximum Gasteiger partial charge on any atom is 0.318 e. The van der Waals surface area contributed by atoms with E-state index in [1.807, 2.05) is 25.1 Å². The van der Waals surface area contributed by atoms with Gasteiger partial charge in [0, 0.05) is 23.4 Å². The SMILES string of the molecule is CCCCC(=O)OSSc1ccccn1. The molecule has 5 heteroatoms. The lowest BCUT2D eigenvalue weighted by Crippen LogP contribution is -1.96. The molecule has 0 saturated carbocycles.